The highest BCUT2D eigenvalue weighted by Crippen LogP contribution is 2.35. The van der Waals surface area contributed by atoms with E-state index in [1.807, 2.05) is 0 Å². The van der Waals surface area contributed by atoms with Crippen LogP contribution in [0.1, 0.15) is 63.9 Å². The molecule has 7 heteroatoms. The summed E-state index contributed by atoms with van der Waals surface area (Å²) in [7, 11) is 0. The van der Waals surface area contributed by atoms with Crippen LogP contribution in [-0.4, -0.2) is 44.9 Å². The summed E-state index contributed by atoms with van der Waals surface area (Å²) in [6.45, 7) is 9.81. The van der Waals surface area contributed by atoms with E-state index >= 15 is 0 Å². The monoisotopic (exact) mass is 377 g/mol. The van der Waals surface area contributed by atoms with Crippen LogP contribution in [0, 0.1) is 0 Å². The van der Waals surface area contributed by atoms with E-state index in [9.17, 15) is 19.6 Å². The molecule has 0 aromatic heterocycles. The fraction of sp³-hybridized carbons (Fsp3) is 0.550. The smallest absolute Gasteiger partial charge is 0.435 e. The number of Topliss-reactive ketones (excluding diaryl/α,β-unsaturated/α-hetero) is 1. The minimum atomic E-state index is -2.19. The average molecular weight is 377 g/mol. The number of hydroxylamine groups is 2. The SMILES string of the molecule is CC(C)(C)OC(=O)N(O)[C@@]1(C(=O)OC(C)(C)C)CCc2ccccc2C1=O. The van der Waals surface area contributed by atoms with Gasteiger partial charge in [0, 0.05) is 5.56 Å². The van der Waals surface area contributed by atoms with Gasteiger partial charge >= 0.3 is 12.1 Å². The van der Waals surface area contributed by atoms with Gasteiger partial charge < -0.3 is 9.47 Å². The second-order valence-corrected chi connectivity index (χ2v) is 8.64. The largest absolute Gasteiger partial charge is 0.458 e. The molecule has 0 spiro atoms. The highest BCUT2D eigenvalue weighted by atomic mass is 16.6. The predicted molar refractivity (Wildman–Crippen MR) is 97.5 cm³/mol. The molecule has 0 heterocycles. The lowest BCUT2D eigenvalue weighted by Crippen LogP contribution is -2.64. The summed E-state index contributed by atoms with van der Waals surface area (Å²) in [5.41, 5.74) is -2.99. The first-order valence-corrected chi connectivity index (χ1v) is 8.86. The number of benzene rings is 1. The van der Waals surface area contributed by atoms with Crippen LogP contribution in [0.5, 0.6) is 0 Å². The first kappa shape index (κ1) is 20.9. The van der Waals surface area contributed by atoms with Crippen molar-refractivity contribution in [2.24, 2.45) is 0 Å². The van der Waals surface area contributed by atoms with Gasteiger partial charge in [-0.1, -0.05) is 24.3 Å². The zero-order chi connectivity index (χ0) is 20.6. The number of hydrogen-bond donors (Lipinski definition) is 1. The van der Waals surface area contributed by atoms with Gasteiger partial charge in [-0.15, -0.1) is 0 Å². The molecule has 1 aliphatic rings. The third-order valence-corrected chi connectivity index (χ3v) is 4.06. The fourth-order valence-corrected chi connectivity index (χ4v) is 2.92. The second-order valence-electron chi connectivity index (χ2n) is 8.64. The van der Waals surface area contributed by atoms with Crippen molar-refractivity contribution in [2.45, 2.75) is 71.1 Å². The highest BCUT2D eigenvalue weighted by Gasteiger charge is 2.58. The third-order valence-electron chi connectivity index (χ3n) is 4.06. The number of esters is 1. The van der Waals surface area contributed by atoms with E-state index < -0.39 is 34.6 Å². The highest BCUT2D eigenvalue weighted by molar-refractivity contribution is 6.19. The Labute approximate surface area is 159 Å². The van der Waals surface area contributed by atoms with Gasteiger partial charge in [0.25, 0.3) is 0 Å². The summed E-state index contributed by atoms with van der Waals surface area (Å²) in [6, 6.07) is 6.80. The number of carbonyl (C=O) groups is 3. The zero-order valence-corrected chi connectivity index (χ0v) is 16.7. The van der Waals surface area contributed by atoms with Gasteiger partial charge in [0.05, 0.1) is 0 Å². The van der Waals surface area contributed by atoms with Crippen molar-refractivity contribution >= 4 is 17.8 Å². The molecule has 0 unspecified atom stereocenters. The molecule has 1 aliphatic carbocycles. The Hall–Kier alpha value is -2.41. The lowest BCUT2D eigenvalue weighted by molar-refractivity contribution is -0.193. The summed E-state index contributed by atoms with van der Waals surface area (Å²) in [6.07, 6.45) is -0.963. The van der Waals surface area contributed by atoms with E-state index in [-0.39, 0.29) is 17.0 Å². The van der Waals surface area contributed by atoms with Crippen LogP contribution < -0.4 is 0 Å². The Morgan fingerprint density at radius 1 is 1.04 bits per heavy atom. The molecule has 0 aliphatic heterocycles. The van der Waals surface area contributed by atoms with Crippen molar-refractivity contribution in [2.75, 3.05) is 0 Å². The normalized spacial score (nSPS) is 19.9. The van der Waals surface area contributed by atoms with Crippen LogP contribution in [0.25, 0.3) is 0 Å². The summed E-state index contributed by atoms with van der Waals surface area (Å²) in [5, 5.41) is 10.8. The van der Waals surface area contributed by atoms with Gasteiger partial charge in [-0.05, 0) is 59.9 Å². The standard InChI is InChI=1S/C20H27NO6/c1-18(2,3)26-16(23)20(21(25)17(24)27-19(4,5)6)12-11-13-9-7-8-10-14(13)15(20)22/h7-10,25H,11-12H2,1-6H3/t20-/m0/s1. The molecule has 1 amide bonds. The Bertz CT molecular complexity index is 758. The summed E-state index contributed by atoms with van der Waals surface area (Å²) < 4.78 is 10.6. The van der Waals surface area contributed by atoms with E-state index in [1.54, 1.807) is 65.8 Å². The van der Waals surface area contributed by atoms with E-state index in [0.717, 1.165) is 5.56 Å². The molecular formula is C20H27NO6. The number of carbonyl (C=O) groups excluding carboxylic acids is 3. The number of rotatable bonds is 2. The maximum Gasteiger partial charge on any atom is 0.435 e. The Kier molecular flexibility index (Phi) is 5.39. The minimum Gasteiger partial charge on any atom is -0.458 e. The maximum absolute atomic E-state index is 13.3. The topological polar surface area (TPSA) is 93.1 Å². The van der Waals surface area contributed by atoms with E-state index in [4.69, 9.17) is 9.47 Å². The molecule has 1 atom stereocenters. The summed E-state index contributed by atoms with van der Waals surface area (Å²) in [5.74, 6) is -1.67. The second kappa shape index (κ2) is 6.96. The summed E-state index contributed by atoms with van der Waals surface area (Å²) in [4.78, 5) is 38.8. The molecule has 7 nitrogen and oxygen atoms in total. The molecule has 0 saturated carbocycles. The van der Waals surface area contributed by atoms with Gasteiger partial charge in [0.1, 0.15) is 11.2 Å². The third kappa shape index (κ3) is 4.30. The van der Waals surface area contributed by atoms with Crippen molar-refractivity contribution in [1.29, 1.82) is 0 Å². The van der Waals surface area contributed by atoms with E-state index in [2.05, 4.69) is 0 Å². The Balaban J connectivity index is 2.52. The van der Waals surface area contributed by atoms with Gasteiger partial charge in [0.2, 0.25) is 11.3 Å². The van der Waals surface area contributed by atoms with Gasteiger partial charge in [0.15, 0.2) is 0 Å². The van der Waals surface area contributed by atoms with Crippen molar-refractivity contribution in [1.82, 2.24) is 5.06 Å². The van der Waals surface area contributed by atoms with E-state index in [1.165, 1.54) is 0 Å². The number of amides is 1. The first-order valence-electron chi connectivity index (χ1n) is 8.86. The zero-order valence-electron chi connectivity index (χ0n) is 16.7. The average Bonchev–Trinajstić information content (AvgIpc) is 2.52. The maximum atomic E-state index is 13.3. The molecule has 0 radical (unpaired) electrons. The minimum absolute atomic E-state index is 0.102. The molecule has 2 rings (SSSR count). The van der Waals surface area contributed by atoms with Crippen molar-refractivity contribution in [3.8, 4) is 0 Å². The van der Waals surface area contributed by atoms with Gasteiger partial charge in [-0.3, -0.25) is 10.0 Å². The molecule has 27 heavy (non-hydrogen) atoms. The molecule has 0 bridgehead atoms. The molecule has 1 aromatic rings. The van der Waals surface area contributed by atoms with E-state index in [0.29, 0.717) is 6.42 Å². The lowest BCUT2D eigenvalue weighted by Gasteiger charge is -2.40. The molecule has 0 saturated heterocycles. The number of aryl methyl sites for hydroxylation is 1. The molecule has 1 N–H and O–H groups in total. The van der Waals surface area contributed by atoms with Gasteiger partial charge in [-0.25, -0.2) is 9.59 Å². The van der Waals surface area contributed by atoms with Crippen LogP contribution in [-0.2, 0) is 20.7 Å². The first-order chi connectivity index (χ1) is 12.3. The number of ketones is 1. The quantitative estimate of drug-likeness (QED) is 0.367. The van der Waals surface area contributed by atoms with Crippen LogP contribution in [0.2, 0.25) is 0 Å². The van der Waals surface area contributed by atoms with Crippen LogP contribution in [0.4, 0.5) is 4.79 Å². The van der Waals surface area contributed by atoms with Gasteiger partial charge in [-0.2, -0.15) is 5.06 Å². The summed E-state index contributed by atoms with van der Waals surface area (Å²) >= 11 is 0. The number of fused-ring (bicyclic) bond motifs is 1. The lowest BCUT2D eigenvalue weighted by atomic mass is 9.76. The molecular weight excluding hydrogens is 350 g/mol. The predicted octanol–water partition coefficient (Wildman–Crippen LogP) is 3.52. The van der Waals surface area contributed by atoms with Crippen LogP contribution >= 0.6 is 0 Å². The number of ether oxygens (including phenoxy) is 2. The van der Waals surface area contributed by atoms with Crippen molar-refractivity contribution < 1.29 is 29.1 Å². The molecule has 0 fully saturated rings. The van der Waals surface area contributed by atoms with Crippen molar-refractivity contribution in [3.05, 3.63) is 35.4 Å². The van der Waals surface area contributed by atoms with Crippen LogP contribution in [0.3, 0.4) is 0 Å². The fourth-order valence-electron chi connectivity index (χ4n) is 2.92. The Morgan fingerprint density at radius 3 is 2.15 bits per heavy atom. The Morgan fingerprint density at radius 2 is 1.59 bits per heavy atom. The van der Waals surface area contributed by atoms with Crippen LogP contribution in [0.15, 0.2) is 24.3 Å². The molecule has 1 aromatic carbocycles. The number of nitrogens with zero attached hydrogens (tertiary/aromatic N) is 1. The molecule has 148 valence electrons. The van der Waals surface area contributed by atoms with Crippen molar-refractivity contribution in [3.63, 3.8) is 0 Å². The number of hydrogen-bond acceptors (Lipinski definition) is 6.